The highest BCUT2D eigenvalue weighted by molar-refractivity contribution is 9.10. The summed E-state index contributed by atoms with van der Waals surface area (Å²) in [5.41, 5.74) is 1.19. The van der Waals surface area contributed by atoms with Gasteiger partial charge >= 0.3 is 0 Å². The first kappa shape index (κ1) is 13.7. The van der Waals surface area contributed by atoms with Gasteiger partial charge in [-0.3, -0.25) is 9.78 Å². The molecule has 1 heterocycles. The molecule has 0 saturated carbocycles. The Kier molecular flexibility index (Phi) is 4.27. The fraction of sp³-hybridized carbons (Fsp3) is 0.143. The topological polar surface area (TPSA) is 33.2 Å². The van der Waals surface area contributed by atoms with Crippen molar-refractivity contribution in [2.45, 2.75) is 6.92 Å². The van der Waals surface area contributed by atoms with Crippen LogP contribution in [0.5, 0.6) is 0 Å². The lowest BCUT2D eigenvalue weighted by atomic mass is 10.2. The van der Waals surface area contributed by atoms with Gasteiger partial charge in [0.15, 0.2) is 0 Å². The average molecular weight is 323 g/mol. The van der Waals surface area contributed by atoms with E-state index in [4.69, 9.17) is 0 Å². The van der Waals surface area contributed by atoms with Crippen molar-refractivity contribution < 1.29 is 9.18 Å². The molecule has 0 fully saturated rings. The third kappa shape index (κ3) is 2.98. The highest BCUT2D eigenvalue weighted by Crippen LogP contribution is 2.22. The summed E-state index contributed by atoms with van der Waals surface area (Å²) in [6.07, 6.45) is 3.26. The van der Waals surface area contributed by atoms with Crippen LogP contribution >= 0.6 is 15.9 Å². The predicted octanol–water partition coefficient (Wildman–Crippen LogP) is 3.65. The van der Waals surface area contributed by atoms with Gasteiger partial charge in [0.2, 0.25) is 0 Å². The molecule has 2 rings (SSSR count). The van der Waals surface area contributed by atoms with E-state index in [9.17, 15) is 9.18 Å². The number of carbonyl (C=O) groups is 1. The highest BCUT2D eigenvalue weighted by Gasteiger charge is 2.18. The van der Waals surface area contributed by atoms with E-state index in [0.717, 1.165) is 5.69 Å². The summed E-state index contributed by atoms with van der Waals surface area (Å²) in [5, 5.41) is 0. The summed E-state index contributed by atoms with van der Waals surface area (Å²) in [6.45, 7) is 2.41. The van der Waals surface area contributed by atoms with E-state index >= 15 is 0 Å². The molecule has 0 aliphatic heterocycles. The standard InChI is InChI=1S/C14H12BrFN2O/c1-2-18(11-5-7-17-8-6-11)14(19)12-4-3-10(16)9-13(12)15/h3-9H,2H2,1H3. The minimum Gasteiger partial charge on any atom is -0.309 e. The number of anilines is 1. The lowest BCUT2D eigenvalue weighted by Gasteiger charge is -2.21. The second-order valence-electron chi connectivity index (χ2n) is 3.88. The molecule has 1 aromatic carbocycles. The van der Waals surface area contributed by atoms with Crippen LogP contribution in [0.2, 0.25) is 0 Å². The Morgan fingerprint density at radius 2 is 2.00 bits per heavy atom. The van der Waals surface area contributed by atoms with Gasteiger partial charge in [0.1, 0.15) is 5.82 Å². The number of amides is 1. The van der Waals surface area contributed by atoms with Crippen molar-refractivity contribution in [3.8, 4) is 0 Å². The SMILES string of the molecule is CCN(C(=O)c1ccc(F)cc1Br)c1ccncc1. The van der Waals surface area contributed by atoms with Crippen LogP contribution in [0.4, 0.5) is 10.1 Å². The Morgan fingerprint density at radius 1 is 1.32 bits per heavy atom. The maximum atomic E-state index is 13.1. The van der Waals surface area contributed by atoms with Crippen LogP contribution in [-0.4, -0.2) is 17.4 Å². The van der Waals surface area contributed by atoms with Gasteiger partial charge in [-0.25, -0.2) is 4.39 Å². The van der Waals surface area contributed by atoms with E-state index in [1.807, 2.05) is 6.92 Å². The van der Waals surface area contributed by atoms with E-state index < -0.39 is 0 Å². The Balaban J connectivity index is 2.36. The number of benzene rings is 1. The molecule has 0 atom stereocenters. The van der Waals surface area contributed by atoms with Crippen LogP contribution in [0.15, 0.2) is 47.2 Å². The molecule has 0 aliphatic rings. The third-order valence-electron chi connectivity index (χ3n) is 2.70. The molecule has 0 radical (unpaired) electrons. The summed E-state index contributed by atoms with van der Waals surface area (Å²) in [5.74, 6) is -0.559. The van der Waals surface area contributed by atoms with E-state index in [1.54, 1.807) is 29.4 Å². The third-order valence-corrected chi connectivity index (χ3v) is 3.35. The molecule has 0 aliphatic carbocycles. The van der Waals surface area contributed by atoms with Gasteiger partial charge in [0.25, 0.3) is 5.91 Å². The lowest BCUT2D eigenvalue weighted by Crippen LogP contribution is -2.30. The normalized spacial score (nSPS) is 10.3. The van der Waals surface area contributed by atoms with Crippen LogP contribution < -0.4 is 4.90 Å². The van der Waals surface area contributed by atoms with Crippen LogP contribution in [-0.2, 0) is 0 Å². The second-order valence-corrected chi connectivity index (χ2v) is 4.73. The first-order valence-corrected chi connectivity index (χ1v) is 6.59. The molecule has 0 bridgehead atoms. The lowest BCUT2D eigenvalue weighted by molar-refractivity contribution is 0.0987. The van der Waals surface area contributed by atoms with Crippen LogP contribution in [0, 0.1) is 5.82 Å². The van der Waals surface area contributed by atoms with Crippen molar-refractivity contribution >= 4 is 27.5 Å². The van der Waals surface area contributed by atoms with E-state index in [0.29, 0.717) is 16.6 Å². The number of pyridine rings is 1. The molecule has 2 aromatic rings. The van der Waals surface area contributed by atoms with Crippen LogP contribution in [0.25, 0.3) is 0 Å². The largest absolute Gasteiger partial charge is 0.309 e. The summed E-state index contributed by atoms with van der Waals surface area (Å²) >= 11 is 3.22. The van der Waals surface area contributed by atoms with Crippen molar-refractivity contribution in [2.24, 2.45) is 0 Å². The van der Waals surface area contributed by atoms with Crippen molar-refractivity contribution in [3.05, 3.63) is 58.6 Å². The molecule has 1 amide bonds. The van der Waals surface area contributed by atoms with Crippen LogP contribution in [0.1, 0.15) is 17.3 Å². The maximum Gasteiger partial charge on any atom is 0.259 e. The van der Waals surface area contributed by atoms with Crippen molar-refractivity contribution in [1.82, 2.24) is 4.98 Å². The molecule has 0 saturated heterocycles. The molecule has 98 valence electrons. The number of nitrogens with zero attached hydrogens (tertiary/aromatic N) is 2. The zero-order chi connectivity index (χ0) is 13.8. The zero-order valence-corrected chi connectivity index (χ0v) is 11.9. The fourth-order valence-electron chi connectivity index (χ4n) is 1.78. The summed E-state index contributed by atoms with van der Waals surface area (Å²) in [6, 6.07) is 7.56. The van der Waals surface area contributed by atoms with Crippen LogP contribution in [0.3, 0.4) is 0 Å². The first-order chi connectivity index (χ1) is 9.13. The van der Waals surface area contributed by atoms with Gasteiger partial charge in [0.05, 0.1) is 5.56 Å². The highest BCUT2D eigenvalue weighted by atomic mass is 79.9. The molecule has 3 nitrogen and oxygen atoms in total. The van der Waals surface area contributed by atoms with Gasteiger partial charge in [-0.2, -0.15) is 0 Å². The molecular formula is C14H12BrFN2O. The first-order valence-electron chi connectivity index (χ1n) is 5.80. The number of hydrogen-bond donors (Lipinski definition) is 0. The van der Waals surface area contributed by atoms with Crippen molar-refractivity contribution in [3.63, 3.8) is 0 Å². The Bertz CT molecular complexity index is 589. The Hall–Kier alpha value is -1.75. The Morgan fingerprint density at radius 3 is 2.58 bits per heavy atom. The molecule has 5 heteroatoms. The van der Waals surface area contributed by atoms with E-state index in [1.165, 1.54) is 18.2 Å². The molecule has 0 spiro atoms. The van der Waals surface area contributed by atoms with E-state index in [2.05, 4.69) is 20.9 Å². The van der Waals surface area contributed by atoms with Gasteiger partial charge in [-0.05, 0) is 53.2 Å². The summed E-state index contributed by atoms with van der Waals surface area (Å²) in [4.78, 5) is 18.0. The minimum absolute atomic E-state index is 0.180. The van der Waals surface area contributed by atoms with Gasteiger partial charge in [-0.1, -0.05) is 0 Å². The second kappa shape index (κ2) is 5.93. The van der Waals surface area contributed by atoms with Gasteiger partial charge in [-0.15, -0.1) is 0 Å². The molecular weight excluding hydrogens is 311 g/mol. The molecule has 19 heavy (non-hydrogen) atoms. The number of halogens is 2. The van der Waals surface area contributed by atoms with E-state index in [-0.39, 0.29) is 11.7 Å². The predicted molar refractivity (Wildman–Crippen MR) is 75.7 cm³/mol. The molecule has 0 unspecified atom stereocenters. The summed E-state index contributed by atoms with van der Waals surface area (Å²) < 4.78 is 13.5. The average Bonchev–Trinajstić information content (AvgIpc) is 2.40. The maximum absolute atomic E-state index is 13.1. The number of rotatable bonds is 3. The molecule has 1 aromatic heterocycles. The number of aromatic nitrogens is 1. The van der Waals surface area contributed by atoms with Gasteiger partial charge < -0.3 is 4.90 Å². The zero-order valence-electron chi connectivity index (χ0n) is 10.3. The smallest absolute Gasteiger partial charge is 0.259 e. The fourth-order valence-corrected chi connectivity index (χ4v) is 2.30. The summed E-state index contributed by atoms with van der Waals surface area (Å²) in [7, 11) is 0. The Labute approximate surface area is 119 Å². The van der Waals surface area contributed by atoms with Crippen molar-refractivity contribution in [2.75, 3.05) is 11.4 Å². The number of hydrogen-bond acceptors (Lipinski definition) is 2. The minimum atomic E-state index is -0.379. The number of carbonyl (C=O) groups excluding carboxylic acids is 1. The van der Waals surface area contributed by atoms with Gasteiger partial charge in [0, 0.05) is 29.1 Å². The monoisotopic (exact) mass is 322 g/mol. The quantitative estimate of drug-likeness (QED) is 0.864. The molecule has 0 N–H and O–H groups in total. The van der Waals surface area contributed by atoms with Crippen molar-refractivity contribution in [1.29, 1.82) is 0 Å².